The molecule has 0 spiro atoms. The van der Waals surface area contributed by atoms with Gasteiger partial charge in [-0.3, -0.25) is 0 Å². The van der Waals surface area contributed by atoms with Crippen molar-refractivity contribution in [2.45, 2.75) is 33.1 Å². The van der Waals surface area contributed by atoms with Gasteiger partial charge in [-0.15, -0.1) is 0 Å². The van der Waals surface area contributed by atoms with E-state index in [1.165, 1.54) is 30.4 Å². The van der Waals surface area contributed by atoms with Gasteiger partial charge in [-0.05, 0) is 0 Å². The monoisotopic (exact) mass is 225 g/mol. The first-order valence-corrected chi connectivity index (χ1v) is 4.05. The van der Waals surface area contributed by atoms with Crippen LogP contribution in [-0.2, 0) is 32.6 Å². The second-order valence-electron chi connectivity index (χ2n) is 2.90. The SMILES string of the molecule is CCCC[c-]1ccc(C)c1.[Zr+4]. The van der Waals surface area contributed by atoms with Crippen LogP contribution in [0.5, 0.6) is 0 Å². The molecule has 0 bridgehead atoms. The fourth-order valence-corrected chi connectivity index (χ4v) is 1.16. The molecule has 0 aliphatic heterocycles. The van der Waals surface area contributed by atoms with Gasteiger partial charge in [-0.25, -0.2) is 11.6 Å². The van der Waals surface area contributed by atoms with E-state index in [1.807, 2.05) is 0 Å². The quantitative estimate of drug-likeness (QED) is 0.695. The minimum Gasteiger partial charge on any atom is -0.211 e. The van der Waals surface area contributed by atoms with E-state index in [1.54, 1.807) is 0 Å². The van der Waals surface area contributed by atoms with Crippen LogP contribution in [0.4, 0.5) is 0 Å². The minimum atomic E-state index is 0. The predicted octanol–water partition coefficient (Wildman–Crippen LogP) is 3.05. The van der Waals surface area contributed by atoms with Crippen LogP contribution in [0, 0.1) is 6.92 Å². The molecule has 0 aromatic heterocycles. The van der Waals surface area contributed by atoms with Gasteiger partial charge in [-0.1, -0.05) is 33.1 Å². The average molecular weight is 226 g/mol. The van der Waals surface area contributed by atoms with Crippen LogP contribution in [-0.4, -0.2) is 0 Å². The van der Waals surface area contributed by atoms with Crippen molar-refractivity contribution in [3.05, 3.63) is 29.3 Å². The molecule has 56 valence electrons. The smallest absolute Gasteiger partial charge is 0.211 e. The largest absolute Gasteiger partial charge is 4.00 e. The Bertz CT molecular complexity index is 189. The van der Waals surface area contributed by atoms with Crippen molar-refractivity contribution in [3.63, 3.8) is 0 Å². The minimum absolute atomic E-state index is 0. The molecular formula is C10H15Zr+3. The number of hydrogen-bond donors (Lipinski definition) is 0. The van der Waals surface area contributed by atoms with Gasteiger partial charge in [0.1, 0.15) is 0 Å². The Morgan fingerprint density at radius 3 is 2.64 bits per heavy atom. The molecule has 0 aliphatic carbocycles. The van der Waals surface area contributed by atoms with Crippen molar-refractivity contribution in [1.29, 1.82) is 0 Å². The van der Waals surface area contributed by atoms with Crippen LogP contribution in [0.25, 0.3) is 0 Å². The van der Waals surface area contributed by atoms with E-state index in [0.717, 1.165) is 0 Å². The van der Waals surface area contributed by atoms with Crippen molar-refractivity contribution in [3.8, 4) is 0 Å². The second-order valence-corrected chi connectivity index (χ2v) is 2.90. The summed E-state index contributed by atoms with van der Waals surface area (Å²) in [6, 6.07) is 6.69. The zero-order valence-electron chi connectivity index (χ0n) is 7.35. The Labute approximate surface area is 88.5 Å². The molecule has 0 unspecified atom stereocenters. The normalized spacial score (nSPS) is 9.27. The first-order valence-electron chi connectivity index (χ1n) is 4.05. The zero-order chi connectivity index (χ0) is 7.40. The van der Waals surface area contributed by atoms with E-state index in [2.05, 4.69) is 32.0 Å². The Morgan fingerprint density at radius 2 is 2.18 bits per heavy atom. The number of unbranched alkanes of at least 4 members (excludes halogenated alkanes) is 1. The third-order valence-electron chi connectivity index (χ3n) is 1.79. The summed E-state index contributed by atoms with van der Waals surface area (Å²) >= 11 is 0. The van der Waals surface area contributed by atoms with Crippen molar-refractivity contribution in [2.24, 2.45) is 0 Å². The Kier molecular flexibility index (Phi) is 5.95. The maximum atomic E-state index is 2.27. The third kappa shape index (κ3) is 3.96. The summed E-state index contributed by atoms with van der Waals surface area (Å²) in [5.74, 6) is 0. The molecule has 0 nitrogen and oxygen atoms in total. The fourth-order valence-electron chi connectivity index (χ4n) is 1.16. The topological polar surface area (TPSA) is 0 Å². The molecule has 0 saturated heterocycles. The van der Waals surface area contributed by atoms with Crippen LogP contribution in [0.3, 0.4) is 0 Å². The van der Waals surface area contributed by atoms with Gasteiger partial charge in [0.2, 0.25) is 0 Å². The van der Waals surface area contributed by atoms with E-state index >= 15 is 0 Å². The van der Waals surface area contributed by atoms with E-state index in [-0.39, 0.29) is 26.2 Å². The molecule has 0 aliphatic rings. The van der Waals surface area contributed by atoms with Crippen molar-refractivity contribution in [2.75, 3.05) is 0 Å². The van der Waals surface area contributed by atoms with Crippen LogP contribution < -0.4 is 0 Å². The number of hydrogen-bond acceptors (Lipinski definition) is 0. The van der Waals surface area contributed by atoms with Crippen molar-refractivity contribution < 1.29 is 26.2 Å². The van der Waals surface area contributed by atoms with E-state index in [0.29, 0.717) is 0 Å². The predicted molar refractivity (Wildman–Crippen MR) is 45.4 cm³/mol. The number of rotatable bonds is 3. The molecule has 0 fully saturated rings. The van der Waals surface area contributed by atoms with Crippen LogP contribution in [0.1, 0.15) is 30.9 Å². The molecule has 11 heavy (non-hydrogen) atoms. The average Bonchev–Trinajstić information content (AvgIpc) is 2.31. The first kappa shape index (κ1) is 11.2. The molecule has 0 radical (unpaired) electrons. The Morgan fingerprint density at radius 1 is 1.45 bits per heavy atom. The maximum Gasteiger partial charge on any atom is 4.00 e. The molecule has 0 atom stereocenters. The van der Waals surface area contributed by atoms with Crippen LogP contribution in [0.15, 0.2) is 18.2 Å². The summed E-state index contributed by atoms with van der Waals surface area (Å²) in [5.41, 5.74) is 2.89. The third-order valence-corrected chi connectivity index (χ3v) is 1.79. The van der Waals surface area contributed by atoms with Gasteiger partial charge >= 0.3 is 26.2 Å². The summed E-state index contributed by atoms with van der Waals surface area (Å²) in [7, 11) is 0. The summed E-state index contributed by atoms with van der Waals surface area (Å²) in [5, 5.41) is 0. The first-order chi connectivity index (χ1) is 4.83. The molecule has 0 saturated carbocycles. The van der Waals surface area contributed by atoms with Crippen LogP contribution in [0.2, 0.25) is 0 Å². The summed E-state index contributed by atoms with van der Waals surface area (Å²) in [6.45, 7) is 4.38. The molecule has 1 rings (SSSR count). The van der Waals surface area contributed by atoms with Gasteiger partial charge in [-0.2, -0.15) is 17.7 Å². The number of aryl methyl sites for hydroxylation is 2. The van der Waals surface area contributed by atoms with Gasteiger partial charge in [0.15, 0.2) is 0 Å². The summed E-state index contributed by atoms with van der Waals surface area (Å²) < 4.78 is 0. The molecule has 0 N–H and O–H groups in total. The van der Waals surface area contributed by atoms with Gasteiger partial charge < -0.3 is 0 Å². The Balaban J connectivity index is 0.000001000. The molecule has 0 amide bonds. The summed E-state index contributed by atoms with van der Waals surface area (Å²) in [4.78, 5) is 0. The molecule has 1 aromatic rings. The molecule has 0 heterocycles. The van der Waals surface area contributed by atoms with E-state index < -0.39 is 0 Å². The van der Waals surface area contributed by atoms with Gasteiger partial charge in [0.25, 0.3) is 0 Å². The van der Waals surface area contributed by atoms with Gasteiger partial charge in [0.05, 0.1) is 0 Å². The molecule has 1 aromatic carbocycles. The van der Waals surface area contributed by atoms with Crippen LogP contribution >= 0.6 is 0 Å². The van der Waals surface area contributed by atoms with Gasteiger partial charge in [0, 0.05) is 0 Å². The van der Waals surface area contributed by atoms with E-state index in [4.69, 9.17) is 0 Å². The standard InChI is InChI=1S/C10H15.Zr/c1-3-4-5-10-7-6-9(2)8-10;/h6-8H,3-5H2,1-2H3;/q-1;+4. The Hall–Kier alpha value is 0.233. The van der Waals surface area contributed by atoms with Crippen molar-refractivity contribution in [1.82, 2.24) is 0 Å². The molecule has 1 heteroatoms. The fraction of sp³-hybridized carbons (Fsp3) is 0.500. The summed E-state index contributed by atoms with van der Waals surface area (Å²) in [6.07, 6.45) is 3.87. The van der Waals surface area contributed by atoms with E-state index in [9.17, 15) is 0 Å². The molecular weight excluding hydrogens is 211 g/mol. The zero-order valence-corrected chi connectivity index (χ0v) is 9.81. The maximum absolute atomic E-state index is 2.27. The van der Waals surface area contributed by atoms with Crippen molar-refractivity contribution >= 4 is 0 Å². The second kappa shape index (κ2) is 5.83.